The molecule has 0 aliphatic rings. The smallest absolute Gasteiger partial charge is 0.337 e. The third kappa shape index (κ3) is 2.65. The van der Waals surface area contributed by atoms with Crippen LogP contribution in [-0.4, -0.2) is 23.1 Å². The number of nitrogens with zero attached hydrogens (tertiary/aromatic N) is 2. The van der Waals surface area contributed by atoms with Gasteiger partial charge in [-0.1, -0.05) is 12.1 Å². The number of aromatic carboxylic acids is 1. The molecule has 98 valence electrons. The molecule has 0 fully saturated rings. The number of anilines is 3. The van der Waals surface area contributed by atoms with E-state index in [1.165, 1.54) is 12.3 Å². The van der Waals surface area contributed by atoms with E-state index in [0.717, 1.165) is 11.3 Å². The second-order valence-electron chi connectivity index (χ2n) is 4.34. The average molecular weight is 257 g/mol. The van der Waals surface area contributed by atoms with Crippen molar-refractivity contribution in [2.75, 3.05) is 17.7 Å². The molecule has 19 heavy (non-hydrogen) atoms. The third-order valence-electron chi connectivity index (χ3n) is 2.85. The van der Waals surface area contributed by atoms with Crippen molar-refractivity contribution in [1.82, 2.24) is 4.98 Å². The van der Waals surface area contributed by atoms with Gasteiger partial charge >= 0.3 is 5.97 Å². The number of nitrogen functional groups attached to an aromatic ring is 1. The lowest BCUT2D eigenvalue weighted by molar-refractivity contribution is 0.0696. The summed E-state index contributed by atoms with van der Waals surface area (Å²) in [5.74, 6) is -0.500. The lowest BCUT2D eigenvalue weighted by atomic mass is 10.2. The second kappa shape index (κ2) is 4.97. The van der Waals surface area contributed by atoms with Gasteiger partial charge in [0, 0.05) is 18.9 Å². The fourth-order valence-electron chi connectivity index (χ4n) is 1.83. The zero-order chi connectivity index (χ0) is 14.0. The minimum Gasteiger partial charge on any atom is -0.478 e. The Bertz CT molecular complexity index is 626. The number of pyridine rings is 1. The van der Waals surface area contributed by atoms with Crippen molar-refractivity contribution in [2.45, 2.75) is 6.92 Å². The molecule has 0 bridgehead atoms. The highest BCUT2D eigenvalue weighted by atomic mass is 16.4. The fourth-order valence-corrected chi connectivity index (χ4v) is 1.83. The predicted molar refractivity (Wildman–Crippen MR) is 74.9 cm³/mol. The molecule has 0 amide bonds. The van der Waals surface area contributed by atoms with Crippen LogP contribution in [0.2, 0.25) is 0 Å². The van der Waals surface area contributed by atoms with Gasteiger partial charge in [0.05, 0.1) is 11.3 Å². The summed E-state index contributed by atoms with van der Waals surface area (Å²) in [4.78, 5) is 16.8. The molecule has 1 aromatic carbocycles. The molecule has 1 heterocycles. The summed E-state index contributed by atoms with van der Waals surface area (Å²) in [6.45, 7) is 2.00. The monoisotopic (exact) mass is 257 g/mol. The van der Waals surface area contributed by atoms with Gasteiger partial charge in [-0.25, -0.2) is 9.78 Å². The van der Waals surface area contributed by atoms with Crippen molar-refractivity contribution in [1.29, 1.82) is 0 Å². The van der Waals surface area contributed by atoms with Crippen molar-refractivity contribution >= 4 is 23.2 Å². The first kappa shape index (κ1) is 12.9. The quantitative estimate of drug-likeness (QED) is 0.882. The van der Waals surface area contributed by atoms with Gasteiger partial charge in [0.25, 0.3) is 0 Å². The number of carboxylic acids is 1. The number of benzene rings is 1. The molecule has 0 saturated heterocycles. The Morgan fingerprint density at radius 3 is 2.68 bits per heavy atom. The molecule has 2 rings (SSSR count). The van der Waals surface area contributed by atoms with E-state index in [4.69, 9.17) is 10.8 Å². The zero-order valence-electron chi connectivity index (χ0n) is 10.8. The van der Waals surface area contributed by atoms with E-state index < -0.39 is 5.97 Å². The molecule has 0 atom stereocenters. The number of aromatic nitrogens is 1. The minimum atomic E-state index is -1.04. The van der Waals surface area contributed by atoms with Crippen LogP contribution in [0, 0.1) is 6.92 Å². The molecule has 0 aliphatic carbocycles. The Morgan fingerprint density at radius 2 is 2.11 bits per heavy atom. The summed E-state index contributed by atoms with van der Waals surface area (Å²) in [6, 6.07) is 9.31. The van der Waals surface area contributed by atoms with Crippen LogP contribution in [0.25, 0.3) is 0 Å². The molecule has 0 unspecified atom stereocenters. The largest absolute Gasteiger partial charge is 0.478 e. The maximum atomic E-state index is 10.8. The summed E-state index contributed by atoms with van der Waals surface area (Å²) < 4.78 is 0. The lowest BCUT2D eigenvalue weighted by Gasteiger charge is -2.20. The highest BCUT2D eigenvalue weighted by molar-refractivity contribution is 5.89. The van der Waals surface area contributed by atoms with E-state index in [9.17, 15) is 4.79 Å². The van der Waals surface area contributed by atoms with E-state index in [1.807, 2.05) is 43.1 Å². The van der Waals surface area contributed by atoms with Gasteiger partial charge in [-0.05, 0) is 30.7 Å². The van der Waals surface area contributed by atoms with Crippen molar-refractivity contribution in [3.8, 4) is 0 Å². The Hall–Kier alpha value is -2.56. The maximum absolute atomic E-state index is 10.8. The molecular formula is C14H15N3O2. The standard InChI is InChI=1S/C14H15N3O2/c1-9-4-3-5-11(6-9)17(2)13-12(15)7-10(8-16-13)14(18)19/h3-8H,15H2,1-2H3,(H,18,19). The molecule has 0 saturated carbocycles. The SMILES string of the molecule is Cc1cccc(N(C)c2ncc(C(=O)O)cc2N)c1. The number of aryl methyl sites for hydroxylation is 1. The van der Waals surface area contributed by atoms with Gasteiger partial charge in [-0.2, -0.15) is 0 Å². The van der Waals surface area contributed by atoms with Crippen molar-refractivity contribution < 1.29 is 9.90 Å². The highest BCUT2D eigenvalue weighted by Gasteiger charge is 2.12. The van der Waals surface area contributed by atoms with Crippen molar-refractivity contribution in [2.24, 2.45) is 0 Å². The zero-order valence-corrected chi connectivity index (χ0v) is 10.8. The second-order valence-corrected chi connectivity index (χ2v) is 4.34. The van der Waals surface area contributed by atoms with Crippen LogP contribution in [-0.2, 0) is 0 Å². The van der Waals surface area contributed by atoms with Crippen LogP contribution in [0.1, 0.15) is 15.9 Å². The first-order valence-corrected chi connectivity index (χ1v) is 5.78. The molecule has 5 heteroatoms. The summed E-state index contributed by atoms with van der Waals surface area (Å²) in [7, 11) is 1.84. The molecule has 2 aromatic rings. The summed E-state index contributed by atoms with van der Waals surface area (Å²) in [5.41, 5.74) is 8.36. The molecule has 1 aromatic heterocycles. The van der Waals surface area contributed by atoms with Crippen LogP contribution in [0.4, 0.5) is 17.2 Å². The normalized spacial score (nSPS) is 10.2. The number of carboxylic acid groups (broad SMARTS) is 1. The summed E-state index contributed by atoms with van der Waals surface area (Å²) in [5, 5.41) is 8.88. The fraction of sp³-hybridized carbons (Fsp3) is 0.143. The van der Waals surface area contributed by atoms with Crippen LogP contribution in [0.5, 0.6) is 0 Å². The van der Waals surface area contributed by atoms with E-state index >= 15 is 0 Å². The van der Waals surface area contributed by atoms with Gasteiger partial charge in [0.2, 0.25) is 0 Å². The van der Waals surface area contributed by atoms with E-state index in [1.54, 1.807) is 0 Å². The first-order chi connectivity index (χ1) is 8.99. The number of hydrogen-bond donors (Lipinski definition) is 2. The average Bonchev–Trinajstić information content (AvgIpc) is 2.37. The van der Waals surface area contributed by atoms with Crippen LogP contribution in [0.3, 0.4) is 0 Å². The van der Waals surface area contributed by atoms with Crippen molar-refractivity contribution in [3.05, 3.63) is 47.7 Å². The van der Waals surface area contributed by atoms with Gasteiger partial charge in [0.1, 0.15) is 0 Å². The predicted octanol–water partition coefficient (Wildman–Crippen LogP) is 2.44. The van der Waals surface area contributed by atoms with E-state index in [-0.39, 0.29) is 5.56 Å². The van der Waals surface area contributed by atoms with Crippen LogP contribution < -0.4 is 10.6 Å². The Morgan fingerprint density at radius 1 is 1.37 bits per heavy atom. The Labute approximate surface area is 111 Å². The molecule has 0 radical (unpaired) electrons. The molecular weight excluding hydrogens is 242 g/mol. The molecule has 3 N–H and O–H groups in total. The summed E-state index contributed by atoms with van der Waals surface area (Å²) >= 11 is 0. The van der Waals surface area contributed by atoms with Crippen LogP contribution >= 0.6 is 0 Å². The van der Waals surface area contributed by atoms with Gasteiger partial charge in [0.15, 0.2) is 5.82 Å². The highest BCUT2D eigenvalue weighted by Crippen LogP contribution is 2.27. The summed E-state index contributed by atoms with van der Waals surface area (Å²) in [6.07, 6.45) is 1.31. The van der Waals surface area contributed by atoms with Crippen LogP contribution in [0.15, 0.2) is 36.5 Å². The molecule has 5 nitrogen and oxygen atoms in total. The topological polar surface area (TPSA) is 79.5 Å². The van der Waals surface area contributed by atoms with Gasteiger partial charge in [-0.3, -0.25) is 0 Å². The Balaban J connectivity index is 2.39. The Kier molecular flexibility index (Phi) is 3.37. The number of rotatable bonds is 3. The van der Waals surface area contributed by atoms with E-state index in [2.05, 4.69) is 4.98 Å². The first-order valence-electron chi connectivity index (χ1n) is 5.78. The lowest BCUT2D eigenvalue weighted by Crippen LogP contribution is -2.14. The maximum Gasteiger partial charge on any atom is 0.337 e. The number of hydrogen-bond acceptors (Lipinski definition) is 4. The molecule has 0 spiro atoms. The molecule has 0 aliphatic heterocycles. The minimum absolute atomic E-state index is 0.0823. The van der Waals surface area contributed by atoms with Crippen molar-refractivity contribution in [3.63, 3.8) is 0 Å². The van der Waals surface area contributed by atoms with E-state index in [0.29, 0.717) is 11.5 Å². The van der Waals surface area contributed by atoms with Gasteiger partial charge < -0.3 is 15.7 Å². The number of carbonyl (C=O) groups is 1. The number of nitrogens with two attached hydrogens (primary N) is 1. The third-order valence-corrected chi connectivity index (χ3v) is 2.85. The van der Waals surface area contributed by atoms with Gasteiger partial charge in [-0.15, -0.1) is 0 Å².